The summed E-state index contributed by atoms with van der Waals surface area (Å²) in [6.07, 6.45) is 4.30. The lowest BCUT2D eigenvalue weighted by Crippen LogP contribution is -2.43. The van der Waals surface area contributed by atoms with Crippen molar-refractivity contribution in [1.82, 2.24) is 4.90 Å². The molecular weight excluding hydrogens is 306 g/mol. The second-order valence-corrected chi connectivity index (χ2v) is 6.20. The number of alkyl halides is 1. The third-order valence-electron chi connectivity index (χ3n) is 4.55. The van der Waals surface area contributed by atoms with Gasteiger partial charge in [-0.25, -0.2) is 0 Å². The number of hydrogen-bond donors (Lipinski definition) is 0. The normalized spacial score (nSPS) is 18.5. The number of hydrogen-bond acceptors (Lipinski definition) is 3. The van der Waals surface area contributed by atoms with Crippen LogP contribution >= 0.6 is 15.9 Å². The zero-order valence-electron chi connectivity index (χ0n) is 12.6. The highest BCUT2D eigenvalue weighted by Gasteiger charge is 2.31. The SMILES string of the molecule is CCOC(=O)C1CCN(CC(CC)(CC)CBr)CC1. The molecule has 0 aromatic carbocycles. The number of nitrogens with zero attached hydrogens (tertiary/aromatic N) is 1. The van der Waals surface area contributed by atoms with Gasteiger partial charge in [0.15, 0.2) is 0 Å². The average molecular weight is 334 g/mol. The van der Waals surface area contributed by atoms with Gasteiger partial charge in [0, 0.05) is 11.9 Å². The van der Waals surface area contributed by atoms with E-state index in [9.17, 15) is 4.79 Å². The van der Waals surface area contributed by atoms with E-state index in [0.717, 1.165) is 37.8 Å². The first-order valence-corrected chi connectivity index (χ1v) is 8.68. The maximum absolute atomic E-state index is 11.7. The van der Waals surface area contributed by atoms with E-state index in [4.69, 9.17) is 4.74 Å². The van der Waals surface area contributed by atoms with E-state index in [1.165, 1.54) is 12.8 Å². The Morgan fingerprint density at radius 2 is 1.84 bits per heavy atom. The molecule has 0 saturated carbocycles. The van der Waals surface area contributed by atoms with Gasteiger partial charge >= 0.3 is 5.97 Å². The Hall–Kier alpha value is -0.0900. The van der Waals surface area contributed by atoms with Crippen LogP contribution in [0.15, 0.2) is 0 Å². The minimum atomic E-state index is -0.000104. The Balaban J connectivity index is 2.43. The number of esters is 1. The second kappa shape index (κ2) is 8.25. The average Bonchev–Trinajstić information content (AvgIpc) is 2.46. The molecule has 19 heavy (non-hydrogen) atoms. The largest absolute Gasteiger partial charge is 0.466 e. The molecule has 1 heterocycles. The van der Waals surface area contributed by atoms with E-state index in [0.29, 0.717) is 12.0 Å². The molecule has 0 radical (unpaired) electrons. The molecule has 1 fully saturated rings. The Morgan fingerprint density at radius 1 is 1.26 bits per heavy atom. The minimum Gasteiger partial charge on any atom is -0.466 e. The Kier molecular flexibility index (Phi) is 7.37. The maximum Gasteiger partial charge on any atom is 0.309 e. The summed E-state index contributed by atoms with van der Waals surface area (Å²) in [5.74, 6) is 0.123. The highest BCUT2D eigenvalue weighted by molar-refractivity contribution is 9.09. The van der Waals surface area contributed by atoms with E-state index in [1.54, 1.807) is 0 Å². The van der Waals surface area contributed by atoms with Gasteiger partial charge in [0.25, 0.3) is 0 Å². The van der Waals surface area contributed by atoms with Gasteiger partial charge in [0.2, 0.25) is 0 Å². The molecule has 1 aliphatic heterocycles. The van der Waals surface area contributed by atoms with Crippen molar-refractivity contribution in [2.45, 2.75) is 46.5 Å². The number of carbonyl (C=O) groups is 1. The van der Waals surface area contributed by atoms with Crippen molar-refractivity contribution in [3.05, 3.63) is 0 Å². The lowest BCUT2D eigenvalue weighted by Gasteiger charge is -2.39. The van der Waals surface area contributed by atoms with Crippen LogP contribution in [0, 0.1) is 11.3 Å². The summed E-state index contributed by atoms with van der Waals surface area (Å²) in [6, 6.07) is 0. The molecule has 0 amide bonds. The van der Waals surface area contributed by atoms with Crippen molar-refractivity contribution in [1.29, 1.82) is 0 Å². The summed E-state index contributed by atoms with van der Waals surface area (Å²) >= 11 is 3.68. The fraction of sp³-hybridized carbons (Fsp3) is 0.933. The molecular formula is C15H28BrNO2. The van der Waals surface area contributed by atoms with Crippen LogP contribution in [0.5, 0.6) is 0 Å². The first kappa shape index (κ1) is 17.0. The third kappa shape index (κ3) is 4.75. The van der Waals surface area contributed by atoms with Gasteiger partial charge in [-0.05, 0) is 51.1 Å². The molecule has 0 aromatic heterocycles. The molecule has 0 aromatic rings. The summed E-state index contributed by atoms with van der Waals surface area (Å²) in [5.41, 5.74) is 0.386. The first-order chi connectivity index (χ1) is 9.10. The van der Waals surface area contributed by atoms with Crippen molar-refractivity contribution in [3.63, 3.8) is 0 Å². The smallest absolute Gasteiger partial charge is 0.309 e. The van der Waals surface area contributed by atoms with Crippen molar-refractivity contribution in [2.75, 3.05) is 31.6 Å². The number of carbonyl (C=O) groups excluding carboxylic acids is 1. The highest BCUT2D eigenvalue weighted by atomic mass is 79.9. The summed E-state index contributed by atoms with van der Waals surface area (Å²) in [4.78, 5) is 14.2. The van der Waals surface area contributed by atoms with Crippen LogP contribution in [0.4, 0.5) is 0 Å². The summed E-state index contributed by atoms with van der Waals surface area (Å²) in [6.45, 7) is 10.1. The predicted octanol–water partition coefficient (Wildman–Crippen LogP) is 3.46. The van der Waals surface area contributed by atoms with Gasteiger partial charge in [0.05, 0.1) is 12.5 Å². The molecule has 4 heteroatoms. The molecule has 0 spiro atoms. The van der Waals surface area contributed by atoms with Crippen molar-refractivity contribution >= 4 is 21.9 Å². The van der Waals surface area contributed by atoms with E-state index in [-0.39, 0.29) is 11.9 Å². The van der Waals surface area contributed by atoms with Crippen LogP contribution in [0.2, 0.25) is 0 Å². The van der Waals surface area contributed by atoms with E-state index < -0.39 is 0 Å². The molecule has 0 atom stereocenters. The van der Waals surface area contributed by atoms with Gasteiger partial charge in [-0.15, -0.1) is 0 Å². The van der Waals surface area contributed by atoms with Crippen LogP contribution in [0.1, 0.15) is 46.5 Å². The Morgan fingerprint density at radius 3 is 2.26 bits per heavy atom. The van der Waals surface area contributed by atoms with E-state index >= 15 is 0 Å². The molecule has 3 nitrogen and oxygen atoms in total. The fourth-order valence-corrected chi connectivity index (χ4v) is 3.74. The Bertz CT molecular complexity index is 263. The van der Waals surface area contributed by atoms with Crippen LogP contribution in [-0.4, -0.2) is 42.4 Å². The fourth-order valence-electron chi connectivity index (χ4n) is 2.77. The number of halogens is 1. The monoisotopic (exact) mass is 333 g/mol. The molecule has 0 N–H and O–H groups in total. The van der Waals surface area contributed by atoms with Gasteiger partial charge < -0.3 is 9.64 Å². The zero-order valence-corrected chi connectivity index (χ0v) is 14.2. The molecule has 1 saturated heterocycles. The topological polar surface area (TPSA) is 29.5 Å². The zero-order chi connectivity index (χ0) is 14.3. The van der Waals surface area contributed by atoms with E-state index in [1.807, 2.05) is 6.92 Å². The van der Waals surface area contributed by atoms with Crippen LogP contribution in [0.3, 0.4) is 0 Å². The molecule has 112 valence electrons. The quantitative estimate of drug-likeness (QED) is 0.527. The van der Waals surface area contributed by atoms with Gasteiger partial charge in [-0.1, -0.05) is 29.8 Å². The van der Waals surface area contributed by atoms with Crippen molar-refractivity contribution in [2.24, 2.45) is 11.3 Å². The van der Waals surface area contributed by atoms with Gasteiger partial charge in [-0.3, -0.25) is 4.79 Å². The highest BCUT2D eigenvalue weighted by Crippen LogP contribution is 2.31. The number of ether oxygens (including phenoxy) is 1. The molecule has 1 rings (SSSR count). The van der Waals surface area contributed by atoms with Crippen LogP contribution in [0.25, 0.3) is 0 Å². The van der Waals surface area contributed by atoms with Crippen molar-refractivity contribution < 1.29 is 9.53 Å². The minimum absolute atomic E-state index is 0.000104. The lowest BCUT2D eigenvalue weighted by atomic mass is 9.83. The lowest BCUT2D eigenvalue weighted by molar-refractivity contribution is -0.149. The third-order valence-corrected chi connectivity index (χ3v) is 5.74. The maximum atomic E-state index is 11.7. The summed E-state index contributed by atoms with van der Waals surface area (Å²) < 4.78 is 5.12. The predicted molar refractivity (Wildman–Crippen MR) is 82.6 cm³/mol. The summed E-state index contributed by atoms with van der Waals surface area (Å²) in [7, 11) is 0. The van der Waals surface area contributed by atoms with Crippen LogP contribution < -0.4 is 0 Å². The molecule has 1 aliphatic rings. The first-order valence-electron chi connectivity index (χ1n) is 7.55. The number of piperidine rings is 1. The van der Waals surface area contributed by atoms with Crippen molar-refractivity contribution in [3.8, 4) is 0 Å². The second-order valence-electron chi connectivity index (χ2n) is 5.64. The molecule has 0 unspecified atom stereocenters. The molecule has 0 aliphatic carbocycles. The van der Waals surface area contributed by atoms with Gasteiger partial charge in [-0.2, -0.15) is 0 Å². The van der Waals surface area contributed by atoms with E-state index in [2.05, 4.69) is 34.7 Å². The molecule has 0 bridgehead atoms. The van der Waals surface area contributed by atoms with Gasteiger partial charge in [0.1, 0.15) is 0 Å². The summed E-state index contributed by atoms with van der Waals surface area (Å²) in [5, 5.41) is 1.06. The van der Waals surface area contributed by atoms with Crippen LogP contribution in [-0.2, 0) is 9.53 Å². The number of likely N-dealkylation sites (tertiary alicyclic amines) is 1. The standard InChI is InChI=1S/C15H28BrNO2/c1-4-15(5-2,11-16)12-17-9-7-13(8-10-17)14(18)19-6-3/h13H,4-12H2,1-3H3. The Labute approximate surface area is 126 Å². The number of rotatable bonds is 7.